The highest BCUT2D eigenvalue weighted by Gasteiger charge is 2.12. The summed E-state index contributed by atoms with van der Waals surface area (Å²) in [6, 6.07) is 0. The predicted molar refractivity (Wildman–Crippen MR) is 49.4 cm³/mol. The van der Waals surface area contributed by atoms with E-state index in [0.717, 1.165) is 0 Å². The van der Waals surface area contributed by atoms with E-state index < -0.39 is 5.97 Å². The van der Waals surface area contributed by atoms with Gasteiger partial charge in [-0.2, -0.15) is 5.10 Å². The molecule has 2 aromatic heterocycles. The second kappa shape index (κ2) is 3.52. The maximum atomic E-state index is 10.7. The Bertz CT molecular complexity index is 487. The molecule has 0 atom stereocenters. The van der Waals surface area contributed by atoms with Crippen molar-refractivity contribution >= 4 is 5.97 Å². The molecule has 7 nitrogen and oxygen atoms in total. The van der Waals surface area contributed by atoms with E-state index in [0.29, 0.717) is 18.2 Å². The summed E-state index contributed by atoms with van der Waals surface area (Å²) in [5, 5.41) is 15.4. The van der Waals surface area contributed by atoms with Gasteiger partial charge in [0.15, 0.2) is 5.82 Å². The topological polar surface area (TPSA) is 96.7 Å². The molecule has 0 fully saturated rings. The molecule has 0 saturated heterocycles. The number of hydrogen-bond acceptors (Lipinski definition) is 4. The van der Waals surface area contributed by atoms with Gasteiger partial charge in [0.2, 0.25) is 5.82 Å². The lowest BCUT2D eigenvalue weighted by Crippen LogP contribution is -2.10. The molecule has 0 radical (unpaired) electrons. The number of nitrogens with one attached hydrogen (secondary N) is 1. The number of carboxylic acids is 1. The maximum absolute atomic E-state index is 10.7. The SMILES string of the molecule is Cc1nc(Cn2ccnc2C(=O)O)n[nH]1. The molecular weight excluding hydrogens is 198 g/mol. The van der Waals surface area contributed by atoms with Gasteiger partial charge in [-0.05, 0) is 6.92 Å². The Labute approximate surface area is 84.8 Å². The molecule has 78 valence electrons. The van der Waals surface area contributed by atoms with Crippen LogP contribution in [0.4, 0.5) is 0 Å². The fourth-order valence-corrected chi connectivity index (χ4v) is 1.25. The van der Waals surface area contributed by atoms with E-state index >= 15 is 0 Å². The summed E-state index contributed by atoms with van der Waals surface area (Å²) in [6.07, 6.45) is 3.01. The van der Waals surface area contributed by atoms with Crippen LogP contribution < -0.4 is 0 Å². The van der Waals surface area contributed by atoms with Crippen LogP contribution >= 0.6 is 0 Å². The van der Waals surface area contributed by atoms with Crippen LogP contribution in [0.5, 0.6) is 0 Å². The predicted octanol–water partition coefficient (Wildman–Crippen LogP) is 0.0561. The lowest BCUT2D eigenvalue weighted by molar-refractivity contribution is 0.0678. The molecule has 0 aromatic carbocycles. The molecule has 0 aliphatic rings. The number of nitrogens with zero attached hydrogens (tertiary/aromatic N) is 4. The number of rotatable bonds is 3. The summed E-state index contributed by atoms with van der Waals surface area (Å²) < 4.78 is 1.48. The van der Waals surface area contributed by atoms with Crippen LogP contribution in [0.1, 0.15) is 22.3 Å². The summed E-state index contributed by atoms with van der Waals surface area (Å²) in [6.45, 7) is 2.08. The first-order chi connectivity index (χ1) is 7.16. The van der Waals surface area contributed by atoms with Crippen LogP contribution in [-0.4, -0.2) is 35.8 Å². The molecule has 0 bridgehead atoms. The molecule has 0 aliphatic carbocycles. The molecule has 0 spiro atoms. The van der Waals surface area contributed by atoms with E-state index in [9.17, 15) is 4.79 Å². The quantitative estimate of drug-likeness (QED) is 0.741. The second-order valence-electron chi connectivity index (χ2n) is 3.02. The maximum Gasteiger partial charge on any atom is 0.372 e. The highest BCUT2D eigenvalue weighted by atomic mass is 16.4. The highest BCUT2D eigenvalue weighted by Crippen LogP contribution is 2.01. The number of aromatic amines is 1. The zero-order valence-corrected chi connectivity index (χ0v) is 8.01. The Balaban J connectivity index is 2.24. The minimum atomic E-state index is -1.06. The molecule has 15 heavy (non-hydrogen) atoms. The number of aryl methyl sites for hydroxylation is 1. The van der Waals surface area contributed by atoms with Gasteiger partial charge in [-0.3, -0.25) is 5.10 Å². The van der Waals surface area contributed by atoms with Crippen molar-refractivity contribution in [3.8, 4) is 0 Å². The molecule has 0 unspecified atom stereocenters. The van der Waals surface area contributed by atoms with E-state index in [1.165, 1.54) is 10.8 Å². The number of aromatic nitrogens is 5. The zero-order chi connectivity index (χ0) is 10.8. The minimum Gasteiger partial charge on any atom is -0.475 e. The van der Waals surface area contributed by atoms with Crippen molar-refractivity contribution in [2.24, 2.45) is 0 Å². The van der Waals surface area contributed by atoms with Crippen LogP contribution in [0.2, 0.25) is 0 Å². The Kier molecular flexibility index (Phi) is 2.20. The average molecular weight is 207 g/mol. The third kappa shape index (κ3) is 1.85. The third-order valence-corrected chi connectivity index (χ3v) is 1.86. The smallest absolute Gasteiger partial charge is 0.372 e. The molecule has 0 amide bonds. The van der Waals surface area contributed by atoms with Crippen molar-refractivity contribution in [1.29, 1.82) is 0 Å². The Morgan fingerprint density at radius 3 is 3.07 bits per heavy atom. The van der Waals surface area contributed by atoms with E-state index in [2.05, 4.69) is 20.2 Å². The summed E-state index contributed by atoms with van der Waals surface area (Å²) in [7, 11) is 0. The van der Waals surface area contributed by atoms with E-state index in [1.54, 1.807) is 13.1 Å². The van der Waals surface area contributed by atoms with Crippen molar-refractivity contribution in [2.45, 2.75) is 13.5 Å². The zero-order valence-electron chi connectivity index (χ0n) is 8.01. The Morgan fingerprint density at radius 2 is 2.47 bits per heavy atom. The van der Waals surface area contributed by atoms with Gasteiger partial charge >= 0.3 is 5.97 Å². The first kappa shape index (κ1) is 9.38. The van der Waals surface area contributed by atoms with Crippen molar-refractivity contribution in [3.63, 3.8) is 0 Å². The first-order valence-corrected chi connectivity index (χ1v) is 4.29. The normalized spacial score (nSPS) is 10.5. The number of aromatic carboxylic acids is 1. The summed E-state index contributed by atoms with van der Waals surface area (Å²) in [5.41, 5.74) is 0. The first-order valence-electron chi connectivity index (χ1n) is 4.29. The molecular formula is C8H9N5O2. The number of carboxylic acid groups (broad SMARTS) is 1. The summed E-state index contributed by atoms with van der Waals surface area (Å²) >= 11 is 0. The standard InChI is InChI=1S/C8H9N5O2/c1-5-10-6(12-11-5)4-13-3-2-9-7(13)8(14)15/h2-3H,4H2,1H3,(H,14,15)(H,10,11,12). The number of imidazole rings is 1. The van der Waals surface area contributed by atoms with Crippen LogP contribution in [0.3, 0.4) is 0 Å². The minimum absolute atomic E-state index is 0.0162. The molecule has 2 N–H and O–H groups in total. The number of hydrogen-bond donors (Lipinski definition) is 2. The van der Waals surface area contributed by atoms with Gasteiger partial charge in [-0.25, -0.2) is 14.8 Å². The molecule has 2 heterocycles. The van der Waals surface area contributed by atoms with Gasteiger partial charge in [-0.15, -0.1) is 0 Å². The Morgan fingerprint density at radius 1 is 1.67 bits per heavy atom. The van der Waals surface area contributed by atoms with Gasteiger partial charge in [0.1, 0.15) is 5.82 Å². The largest absolute Gasteiger partial charge is 0.475 e. The fraction of sp³-hybridized carbons (Fsp3) is 0.250. The van der Waals surface area contributed by atoms with Gasteiger partial charge in [-0.1, -0.05) is 0 Å². The molecule has 2 aromatic rings. The number of carbonyl (C=O) groups is 1. The lowest BCUT2D eigenvalue weighted by atomic mass is 10.5. The van der Waals surface area contributed by atoms with Crippen LogP contribution in [0.25, 0.3) is 0 Å². The summed E-state index contributed by atoms with van der Waals surface area (Å²) in [4.78, 5) is 18.5. The third-order valence-electron chi connectivity index (χ3n) is 1.86. The summed E-state index contributed by atoms with van der Waals surface area (Å²) in [5.74, 6) is 0.153. The monoisotopic (exact) mass is 207 g/mol. The van der Waals surface area contributed by atoms with Gasteiger partial charge in [0, 0.05) is 12.4 Å². The lowest BCUT2D eigenvalue weighted by Gasteiger charge is -2.00. The van der Waals surface area contributed by atoms with Crippen LogP contribution in [0, 0.1) is 6.92 Å². The van der Waals surface area contributed by atoms with Crippen molar-refractivity contribution in [1.82, 2.24) is 24.7 Å². The fourth-order valence-electron chi connectivity index (χ4n) is 1.25. The molecule has 2 rings (SSSR count). The van der Waals surface area contributed by atoms with E-state index in [-0.39, 0.29) is 5.82 Å². The van der Waals surface area contributed by atoms with Crippen LogP contribution in [-0.2, 0) is 6.54 Å². The average Bonchev–Trinajstić information content (AvgIpc) is 2.75. The van der Waals surface area contributed by atoms with Crippen molar-refractivity contribution in [3.05, 3.63) is 29.9 Å². The van der Waals surface area contributed by atoms with Crippen molar-refractivity contribution in [2.75, 3.05) is 0 Å². The highest BCUT2D eigenvalue weighted by molar-refractivity contribution is 5.83. The molecule has 0 aliphatic heterocycles. The van der Waals surface area contributed by atoms with E-state index in [4.69, 9.17) is 5.11 Å². The second-order valence-corrected chi connectivity index (χ2v) is 3.02. The van der Waals surface area contributed by atoms with Crippen LogP contribution in [0.15, 0.2) is 12.4 Å². The molecule has 0 saturated carbocycles. The van der Waals surface area contributed by atoms with Gasteiger partial charge in [0.25, 0.3) is 0 Å². The van der Waals surface area contributed by atoms with E-state index in [1.807, 2.05) is 0 Å². The molecule has 7 heteroatoms. The Hall–Kier alpha value is -2.18. The van der Waals surface area contributed by atoms with Gasteiger partial charge < -0.3 is 9.67 Å². The number of H-pyrrole nitrogens is 1. The van der Waals surface area contributed by atoms with Gasteiger partial charge in [0.05, 0.1) is 6.54 Å². The van der Waals surface area contributed by atoms with Crippen molar-refractivity contribution < 1.29 is 9.90 Å².